The lowest BCUT2D eigenvalue weighted by atomic mass is 10.1. The van der Waals surface area contributed by atoms with Crippen LogP contribution in [-0.2, 0) is 4.79 Å². The Bertz CT molecular complexity index is 256. The summed E-state index contributed by atoms with van der Waals surface area (Å²) in [5, 5.41) is 8.64. The lowest BCUT2D eigenvalue weighted by Gasteiger charge is -2.14. The van der Waals surface area contributed by atoms with Gasteiger partial charge in [0.1, 0.15) is 0 Å². The SMILES string of the molecule is CC1CC1N1CC(C#N)CC1=O. The van der Waals surface area contributed by atoms with Gasteiger partial charge < -0.3 is 4.90 Å². The van der Waals surface area contributed by atoms with Crippen molar-refractivity contribution in [2.45, 2.75) is 25.8 Å². The Morgan fingerprint density at radius 2 is 2.33 bits per heavy atom. The van der Waals surface area contributed by atoms with E-state index >= 15 is 0 Å². The van der Waals surface area contributed by atoms with E-state index in [0.717, 1.165) is 6.42 Å². The van der Waals surface area contributed by atoms with Gasteiger partial charge in [0.15, 0.2) is 0 Å². The second-order valence-corrected chi connectivity index (χ2v) is 3.86. The van der Waals surface area contributed by atoms with E-state index in [1.807, 2.05) is 4.90 Å². The van der Waals surface area contributed by atoms with E-state index in [0.29, 0.717) is 24.9 Å². The van der Waals surface area contributed by atoms with Crippen LogP contribution in [0.5, 0.6) is 0 Å². The van der Waals surface area contributed by atoms with Gasteiger partial charge in [-0.15, -0.1) is 0 Å². The van der Waals surface area contributed by atoms with Crippen molar-refractivity contribution in [2.75, 3.05) is 6.54 Å². The molecule has 0 aromatic carbocycles. The Balaban J connectivity index is 2.01. The number of carbonyl (C=O) groups is 1. The van der Waals surface area contributed by atoms with E-state index < -0.39 is 0 Å². The number of carbonyl (C=O) groups excluding carboxylic acids is 1. The van der Waals surface area contributed by atoms with Crippen LogP contribution < -0.4 is 0 Å². The van der Waals surface area contributed by atoms with Crippen molar-refractivity contribution >= 4 is 5.91 Å². The summed E-state index contributed by atoms with van der Waals surface area (Å²) >= 11 is 0. The summed E-state index contributed by atoms with van der Waals surface area (Å²) < 4.78 is 0. The molecule has 64 valence electrons. The van der Waals surface area contributed by atoms with E-state index in [1.54, 1.807) is 0 Å². The van der Waals surface area contributed by atoms with Crippen LogP contribution in [0.2, 0.25) is 0 Å². The number of likely N-dealkylation sites (tertiary alicyclic amines) is 1. The molecule has 0 bridgehead atoms. The molecule has 2 aliphatic rings. The molecule has 12 heavy (non-hydrogen) atoms. The summed E-state index contributed by atoms with van der Waals surface area (Å²) in [6.45, 7) is 2.82. The third-order valence-corrected chi connectivity index (χ3v) is 2.81. The molecule has 0 aromatic heterocycles. The van der Waals surface area contributed by atoms with Crippen molar-refractivity contribution in [2.24, 2.45) is 11.8 Å². The minimum absolute atomic E-state index is 0.0506. The first-order valence-corrected chi connectivity index (χ1v) is 4.41. The molecule has 2 fully saturated rings. The highest BCUT2D eigenvalue weighted by molar-refractivity contribution is 5.79. The van der Waals surface area contributed by atoms with E-state index in [9.17, 15) is 4.79 Å². The van der Waals surface area contributed by atoms with Gasteiger partial charge in [-0.2, -0.15) is 5.26 Å². The lowest BCUT2D eigenvalue weighted by Crippen LogP contribution is -2.28. The molecule has 2 rings (SSSR count). The molecule has 3 nitrogen and oxygen atoms in total. The Kier molecular flexibility index (Phi) is 1.57. The monoisotopic (exact) mass is 164 g/mol. The Morgan fingerprint density at radius 3 is 2.75 bits per heavy atom. The maximum absolute atomic E-state index is 11.3. The highest BCUT2D eigenvalue weighted by Crippen LogP contribution is 2.38. The standard InChI is InChI=1S/C9H12N2O/c1-6-2-8(6)11-5-7(4-10)3-9(11)12/h6-8H,2-3,5H2,1H3. The molecule has 0 spiro atoms. The van der Waals surface area contributed by atoms with Crippen LogP contribution in [0, 0.1) is 23.2 Å². The minimum atomic E-state index is -0.0506. The third kappa shape index (κ3) is 1.08. The zero-order valence-electron chi connectivity index (χ0n) is 7.16. The van der Waals surface area contributed by atoms with Gasteiger partial charge >= 0.3 is 0 Å². The second-order valence-electron chi connectivity index (χ2n) is 3.86. The molecule has 1 saturated carbocycles. The van der Waals surface area contributed by atoms with E-state index in [4.69, 9.17) is 5.26 Å². The summed E-state index contributed by atoms with van der Waals surface area (Å²) in [7, 11) is 0. The summed E-state index contributed by atoms with van der Waals surface area (Å²) in [4.78, 5) is 13.2. The average Bonchev–Trinajstić information content (AvgIpc) is 2.62. The lowest BCUT2D eigenvalue weighted by molar-refractivity contribution is -0.128. The predicted octanol–water partition coefficient (Wildman–Crippen LogP) is 0.767. The highest BCUT2D eigenvalue weighted by Gasteiger charge is 2.44. The van der Waals surface area contributed by atoms with Crippen LogP contribution in [0.1, 0.15) is 19.8 Å². The van der Waals surface area contributed by atoms with Gasteiger partial charge in [-0.25, -0.2) is 0 Å². The zero-order valence-corrected chi connectivity index (χ0v) is 7.16. The van der Waals surface area contributed by atoms with Crippen LogP contribution in [0.4, 0.5) is 0 Å². The van der Waals surface area contributed by atoms with E-state index in [2.05, 4.69) is 13.0 Å². The van der Waals surface area contributed by atoms with E-state index in [1.165, 1.54) is 0 Å². The molecule has 1 aliphatic carbocycles. The number of hydrogen-bond acceptors (Lipinski definition) is 2. The van der Waals surface area contributed by atoms with Gasteiger partial charge in [0.05, 0.1) is 12.0 Å². The molecular formula is C9H12N2O. The highest BCUT2D eigenvalue weighted by atomic mass is 16.2. The van der Waals surface area contributed by atoms with Gasteiger partial charge in [-0.3, -0.25) is 4.79 Å². The number of nitrogens with zero attached hydrogens (tertiary/aromatic N) is 2. The van der Waals surface area contributed by atoms with Crippen LogP contribution in [-0.4, -0.2) is 23.4 Å². The molecule has 0 N–H and O–H groups in total. The maximum Gasteiger partial charge on any atom is 0.224 e. The van der Waals surface area contributed by atoms with Crippen molar-refractivity contribution in [3.63, 3.8) is 0 Å². The molecule has 3 heteroatoms. The van der Waals surface area contributed by atoms with Crippen molar-refractivity contribution < 1.29 is 4.79 Å². The minimum Gasteiger partial charge on any atom is -0.338 e. The molecule has 1 heterocycles. The van der Waals surface area contributed by atoms with Crippen molar-refractivity contribution in [1.29, 1.82) is 5.26 Å². The fraction of sp³-hybridized carbons (Fsp3) is 0.778. The summed E-state index contributed by atoms with van der Waals surface area (Å²) in [5.41, 5.74) is 0. The first-order valence-electron chi connectivity index (χ1n) is 4.41. The molecule has 1 aliphatic heterocycles. The molecular weight excluding hydrogens is 152 g/mol. The van der Waals surface area contributed by atoms with Gasteiger partial charge in [-0.05, 0) is 12.3 Å². The molecule has 3 atom stereocenters. The molecule has 0 radical (unpaired) electrons. The Morgan fingerprint density at radius 1 is 1.67 bits per heavy atom. The third-order valence-electron chi connectivity index (χ3n) is 2.81. The Labute approximate surface area is 72.0 Å². The van der Waals surface area contributed by atoms with Crippen LogP contribution in [0.25, 0.3) is 0 Å². The van der Waals surface area contributed by atoms with E-state index in [-0.39, 0.29) is 11.8 Å². The number of nitriles is 1. The van der Waals surface area contributed by atoms with Crippen molar-refractivity contribution in [3.05, 3.63) is 0 Å². The summed E-state index contributed by atoms with van der Waals surface area (Å²) in [6.07, 6.45) is 1.57. The second kappa shape index (κ2) is 2.48. The van der Waals surface area contributed by atoms with Gasteiger partial charge in [0.25, 0.3) is 0 Å². The Hall–Kier alpha value is -1.04. The fourth-order valence-corrected chi connectivity index (χ4v) is 1.88. The summed E-state index contributed by atoms with van der Waals surface area (Å²) in [6, 6.07) is 2.61. The van der Waals surface area contributed by atoms with Gasteiger partial charge in [-0.1, -0.05) is 6.92 Å². The normalized spacial score (nSPS) is 39.8. The first-order chi connectivity index (χ1) is 5.72. The van der Waals surface area contributed by atoms with Crippen LogP contribution in [0.3, 0.4) is 0 Å². The average molecular weight is 164 g/mol. The first kappa shape index (κ1) is 7.60. The number of rotatable bonds is 1. The number of hydrogen-bond donors (Lipinski definition) is 0. The number of amides is 1. The van der Waals surface area contributed by atoms with Crippen molar-refractivity contribution in [3.8, 4) is 6.07 Å². The molecule has 1 amide bonds. The predicted molar refractivity (Wildman–Crippen MR) is 43.0 cm³/mol. The molecule has 3 unspecified atom stereocenters. The van der Waals surface area contributed by atoms with Gasteiger partial charge in [0.2, 0.25) is 5.91 Å². The smallest absolute Gasteiger partial charge is 0.224 e. The topological polar surface area (TPSA) is 44.1 Å². The molecule has 0 aromatic rings. The molecule has 1 saturated heterocycles. The largest absolute Gasteiger partial charge is 0.338 e. The maximum atomic E-state index is 11.3. The fourth-order valence-electron chi connectivity index (χ4n) is 1.88. The van der Waals surface area contributed by atoms with Crippen molar-refractivity contribution in [1.82, 2.24) is 4.90 Å². The summed E-state index contributed by atoms with van der Waals surface area (Å²) in [5.74, 6) is 0.785. The van der Waals surface area contributed by atoms with Crippen LogP contribution >= 0.6 is 0 Å². The van der Waals surface area contributed by atoms with Gasteiger partial charge in [0, 0.05) is 19.0 Å². The van der Waals surface area contributed by atoms with Crippen LogP contribution in [0.15, 0.2) is 0 Å². The zero-order chi connectivity index (χ0) is 8.72. The quantitative estimate of drug-likeness (QED) is 0.574.